The average molecular weight is 368 g/mol. The molecule has 0 aromatic heterocycles. The zero-order chi connectivity index (χ0) is 18.9. The van der Waals surface area contributed by atoms with Crippen molar-refractivity contribution in [1.82, 2.24) is 5.32 Å². The minimum Gasteiger partial charge on any atom is -0.476 e. The number of amides is 1. The Labute approximate surface area is 150 Å². The van der Waals surface area contributed by atoms with Crippen molar-refractivity contribution in [2.24, 2.45) is 11.8 Å². The summed E-state index contributed by atoms with van der Waals surface area (Å²) >= 11 is 0. The second-order valence-corrected chi connectivity index (χ2v) is 9.30. The highest BCUT2D eigenvalue weighted by atomic mass is 32.2. The Kier molecular flexibility index (Phi) is 5.66. The predicted molar refractivity (Wildman–Crippen MR) is 99.4 cm³/mol. The predicted octanol–water partition coefficient (Wildman–Crippen LogP) is 2.32. The number of hydrogen-bond donors (Lipinski definition) is 1. The molecule has 1 N–H and O–H groups in total. The number of carbonyl (C=O) groups is 1. The summed E-state index contributed by atoms with van der Waals surface area (Å²) in [4.78, 5) is 12.7. The van der Waals surface area contributed by atoms with E-state index in [0.29, 0.717) is 11.4 Å². The molecule has 1 amide bonds. The molecule has 2 rings (SSSR count). The standard InChI is InChI=1S/C18H28N2O4S/c1-11(2)17(12(3)4)19-18(21)16-10-20(25(6,22)23)14-9-13(5)7-8-15(14)24-16/h7-9,11-12,16-17H,10H2,1-6H3,(H,19,21)/t16-/m0/s1. The van der Waals surface area contributed by atoms with E-state index in [-0.39, 0.29) is 30.3 Å². The fraction of sp³-hybridized carbons (Fsp3) is 0.611. The Morgan fingerprint density at radius 3 is 2.36 bits per heavy atom. The first kappa shape index (κ1) is 19.6. The Morgan fingerprint density at radius 1 is 1.24 bits per heavy atom. The van der Waals surface area contributed by atoms with Gasteiger partial charge in [-0.3, -0.25) is 9.10 Å². The fourth-order valence-electron chi connectivity index (χ4n) is 3.17. The molecule has 0 saturated heterocycles. The summed E-state index contributed by atoms with van der Waals surface area (Å²) in [7, 11) is -3.51. The van der Waals surface area contributed by atoms with Gasteiger partial charge < -0.3 is 10.1 Å². The SMILES string of the molecule is Cc1ccc2c(c1)N(S(C)(=O)=O)C[C@@H](C(=O)NC(C(C)C)C(C)C)O2. The molecule has 0 spiro atoms. The van der Waals surface area contributed by atoms with Crippen LogP contribution in [-0.2, 0) is 14.8 Å². The van der Waals surface area contributed by atoms with E-state index in [1.165, 1.54) is 4.31 Å². The van der Waals surface area contributed by atoms with Crippen LogP contribution >= 0.6 is 0 Å². The number of nitrogens with zero attached hydrogens (tertiary/aromatic N) is 1. The average Bonchev–Trinajstić information content (AvgIpc) is 2.49. The van der Waals surface area contributed by atoms with E-state index >= 15 is 0 Å². The molecule has 0 radical (unpaired) electrons. The van der Waals surface area contributed by atoms with Gasteiger partial charge >= 0.3 is 0 Å². The Bertz CT molecular complexity index is 735. The van der Waals surface area contributed by atoms with Crippen molar-refractivity contribution in [3.8, 4) is 5.75 Å². The number of ether oxygens (including phenoxy) is 1. The van der Waals surface area contributed by atoms with E-state index in [0.717, 1.165) is 11.8 Å². The zero-order valence-corrected chi connectivity index (χ0v) is 16.6. The fourth-order valence-corrected chi connectivity index (χ4v) is 4.08. The van der Waals surface area contributed by atoms with E-state index in [1.54, 1.807) is 12.1 Å². The summed E-state index contributed by atoms with van der Waals surface area (Å²) in [6.45, 7) is 10.1. The third-order valence-corrected chi connectivity index (χ3v) is 5.57. The van der Waals surface area contributed by atoms with Crippen molar-refractivity contribution in [3.63, 3.8) is 0 Å². The molecule has 0 unspecified atom stereocenters. The molecule has 1 aliphatic heterocycles. The van der Waals surface area contributed by atoms with Crippen molar-refractivity contribution in [1.29, 1.82) is 0 Å². The lowest BCUT2D eigenvalue weighted by Gasteiger charge is -2.35. The molecule has 0 saturated carbocycles. The van der Waals surface area contributed by atoms with Gasteiger partial charge in [0.2, 0.25) is 10.0 Å². The molecular formula is C18H28N2O4S. The van der Waals surface area contributed by atoms with Crippen LogP contribution in [0.2, 0.25) is 0 Å². The van der Waals surface area contributed by atoms with Gasteiger partial charge in [0, 0.05) is 6.04 Å². The molecule has 1 aliphatic rings. The number of sulfonamides is 1. The summed E-state index contributed by atoms with van der Waals surface area (Å²) in [5.41, 5.74) is 1.41. The van der Waals surface area contributed by atoms with Crippen LogP contribution < -0.4 is 14.4 Å². The quantitative estimate of drug-likeness (QED) is 0.865. The lowest BCUT2D eigenvalue weighted by Crippen LogP contribution is -2.54. The number of benzene rings is 1. The topological polar surface area (TPSA) is 75.7 Å². The highest BCUT2D eigenvalue weighted by molar-refractivity contribution is 7.92. The number of anilines is 1. The number of nitrogens with one attached hydrogen (secondary N) is 1. The van der Waals surface area contributed by atoms with Gasteiger partial charge in [-0.2, -0.15) is 0 Å². The maximum absolute atomic E-state index is 12.7. The van der Waals surface area contributed by atoms with Crippen LogP contribution in [0, 0.1) is 18.8 Å². The van der Waals surface area contributed by atoms with E-state index in [1.807, 2.05) is 40.7 Å². The molecule has 6 nitrogen and oxygen atoms in total. The summed E-state index contributed by atoms with van der Waals surface area (Å²) in [6.07, 6.45) is 0.273. The summed E-state index contributed by atoms with van der Waals surface area (Å²) < 4.78 is 31.5. The van der Waals surface area contributed by atoms with Crippen LogP contribution in [0.25, 0.3) is 0 Å². The van der Waals surface area contributed by atoms with E-state index in [9.17, 15) is 13.2 Å². The van der Waals surface area contributed by atoms with Gasteiger partial charge in [-0.1, -0.05) is 33.8 Å². The number of aryl methyl sites for hydroxylation is 1. The summed E-state index contributed by atoms with van der Waals surface area (Å²) in [5, 5.41) is 3.01. The third kappa shape index (κ3) is 4.45. The van der Waals surface area contributed by atoms with Crippen LogP contribution in [0.1, 0.15) is 33.3 Å². The van der Waals surface area contributed by atoms with Gasteiger partial charge in [-0.25, -0.2) is 8.42 Å². The van der Waals surface area contributed by atoms with Crippen LogP contribution in [0.3, 0.4) is 0 Å². The van der Waals surface area contributed by atoms with Gasteiger partial charge in [0.05, 0.1) is 18.5 Å². The van der Waals surface area contributed by atoms with Crippen LogP contribution in [0.4, 0.5) is 5.69 Å². The second kappa shape index (κ2) is 7.23. The highest BCUT2D eigenvalue weighted by Gasteiger charge is 2.36. The van der Waals surface area contributed by atoms with Crippen molar-refractivity contribution < 1.29 is 17.9 Å². The van der Waals surface area contributed by atoms with Gasteiger partial charge in [0.25, 0.3) is 5.91 Å². The number of rotatable bonds is 5. The first-order valence-corrected chi connectivity index (χ1v) is 10.4. The molecule has 25 heavy (non-hydrogen) atoms. The van der Waals surface area contributed by atoms with Crippen LogP contribution in [0.15, 0.2) is 18.2 Å². The van der Waals surface area contributed by atoms with Gasteiger partial charge in [0.15, 0.2) is 6.10 Å². The molecular weight excluding hydrogens is 340 g/mol. The van der Waals surface area contributed by atoms with Crippen molar-refractivity contribution in [2.45, 2.75) is 46.8 Å². The Balaban J connectivity index is 2.30. The monoisotopic (exact) mass is 368 g/mol. The normalized spacial score (nSPS) is 17.6. The van der Waals surface area contributed by atoms with Gasteiger partial charge in [-0.05, 0) is 36.5 Å². The van der Waals surface area contributed by atoms with E-state index in [4.69, 9.17) is 4.74 Å². The second-order valence-electron chi connectivity index (χ2n) is 7.39. The first-order valence-electron chi connectivity index (χ1n) is 8.56. The van der Waals surface area contributed by atoms with Crippen molar-refractivity contribution in [3.05, 3.63) is 23.8 Å². The number of hydrogen-bond acceptors (Lipinski definition) is 4. The molecule has 140 valence electrons. The minimum atomic E-state index is -3.51. The maximum Gasteiger partial charge on any atom is 0.263 e. The number of carbonyl (C=O) groups excluding carboxylic acids is 1. The lowest BCUT2D eigenvalue weighted by atomic mass is 9.93. The summed E-state index contributed by atoms with van der Waals surface area (Å²) in [6, 6.07) is 5.31. The summed E-state index contributed by atoms with van der Waals surface area (Å²) in [5.74, 6) is 0.669. The lowest BCUT2D eigenvalue weighted by molar-refractivity contribution is -0.129. The third-order valence-electron chi connectivity index (χ3n) is 4.42. The Hall–Kier alpha value is -1.76. The highest BCUT2D eigenvalue weighted by Crippen LogP contribution is 2.35. The van der Waals surface area contributed by atoms with E-state index < -0.39 is 16.1 Å². The van der Waals surface area contributed by atoms with Crippen molar-refractivity contribution >= 4 is 21.6 Å². The molecule has 1 atom stereocenters. The largest absolute Gasteiger partial charge is 0.476 e. The molecule has 0 aliphatic carbocycles. The molecule has 1 heterocycles. The van der Waals surface area contributed by atoms with Crippen LogP contribution in [0.5, 0.6) is 5.75 Å². The smallest absolute Gasteiger partial charge is 0.263 e. The van der Waals surface area contributed by atoms with Gasteiger partial charge in [-0.15, -0.1) is 0 Å². The van der Waals surface area contributed by atoms with Crippen molar-refractivity contribution in [2.75, 3.05) is 17.1 Å². The molecule has 1 aromatic carbocycles. The van der Waals surface area contributed by atoms with Gasteiger partial charge in [0.1, 0.15) is 5.75 Å². The van der Waals surface area contributed by atoms with E-state index in [2.05, 4.69) is 5.32 Å². The Morgan fingerprint density at radius 2 is 1.84 bits per heavy atom. The zero-order valence-electron chi connectivity index (χ0n) is 15.7. The minimum absolute atomic E-state index is 0.00204. The molecule has 1 aromatic rings. The molecule has 7 heteroatoms. The van der Waals surface area contributed by atoms with Crippen LogP contribution in [-0.4, -0.2) is 39.3 Å². The molecule has 0 bridgehead atoms. The first-order chi connectivity index (χ1) is 11.5. The number of fused-ring (bicyclic) bond motifs is 1. The molecule has 0 fully saturated rings. The maximum atomic E-state index is 12.7.